The van der Waals surface area contributed by atoms with Crippen molar-refractivity contribution in [2.45, 2.75) is 71.9 Å². The summed E-state index contributed by atoms with van der Waals surface area (Å²) in [6, 6.07) is 8.88. The fourth-order valence-corrected chi connectivity index (χ4v) is 5.10. The third kappa shape index (κ3) is 5.58. The molecule has 1 aliphatic carbocycles. The molecule has 1 amide bonds. The second-order valence-electron chi connectivity index (χ2n) is 10.4. The predicted molar refractivity (Wildman–Crippen MR) is 133 cm³/mol. The fourth-order valence-electron chi connectivity index (χ4n) is 5.10. The van der Waals surface area contributed by atoms with Gasteiger partial charge in [-0.2, -0.15) is 0 Å². The van der Waals surface area contributed by atoms with E-state index in [2.05, 4.69) is 66.0 Å². The van der Waals surface area contributed by atoms with Crippen molar-refractivity contribution in [3.05, 3.63) is 71.3 Å². The molecular formula is C28H37N3O2. The van der Waals surface area contributed by atoms with E-state index in [-0.39, 0.29) is 6.09 Å². The van der Waals surface area contributed by atoms with Crippen molar-refractivity contribution in [1.82, 2.24) is 14.5 Å². The fraction of sp³-hybridized carbons (Fsp3) is 0.500. The van der Waals surface area contributed by atoms with Crippen molar-refractivity contribution in [3.63, 3.8) is 0 Å². The molecule has 0 radical (unpaired) electrons. The first-order valence-corrected chi connectivity index (χ1v) is 12.2. The van der Waals surface area contributed by atoms with Crippen LogP contribution in [-0.2, 0) is 11.3 Å². The van der Waals surface area contributed by atoms with Gasteiger partial charge in [-0.15, -0.1) is 0 Å². The first-order chi connectivity index (χ1) is 15.7. The van der Waals surface area contributed by atoms with Gasteiger partial charge in [-0.25, -0.2) is 9.78 Å². The van der Waals surface area contributed by atoms with Crippen LogP contribution in [0.4, 0.5) is 4.79 Å². The Bertz CT molecular complexity index is 1050. The Hall–Kier alpha value is -2.82. The average molecular weight is 448 g/mol. The van der Waals surface area contributed by atoms with E-state index in [0.29, 0.717) is 11.8 Å². The summed E-state index contributed by atoms with van der Waals surface area (Å²) in [6.45, 7) is 12.5. The lowest BCUT2D eigenvalue weighted by molar-refractivity contribution is 0.0179. The number of aromatic nitrogens is 2. The molecule has 0 bridgehead atoms. The van der Waals surface area contributed by atoms with Crippen molar-refractivity contribution in [1.29, 1.82) is 0 Å². The van der Waals surface area contributed by atoms with Gasteiger partial charge in [0.05, 0.1) is 0 Å². The van der Waals surface area contributed by atoms with E-state index in [1.54, 1.807) is 0 Å². The molecule has 176 valence electrons. The van der Waals surface area contributed by atoms with E-state index < -0.39 is 5.60 Å². The summed E-state index contributed by atoms with van der Waals surface area (Å²) in [6.07, 6.45) is 11.5. The molecule has 4 rings (SSSR count). The molecule has 0 N–H and O–H groups in total. The van der Waals surface area contributed by atoms with Crippen LogP contribution in [0.3, 0.4) is 0 Å². The smallest absolute Gasteiger partial charge is 0.410 e. The maximum atomic E-state index is 12.5. The summed E-state index contributed by atoms with van der Waals surface area (Å²) in [4.78, 5) is 18.8. The summed E-state index contributed by atoms with van der Waals surface area (Å²) in [7, 11) is 0. The highest BCUT2D eigenvalue weighted by molar-refractivity contribution is 5.73. The molecule has 1 atom stereocenters. The van der Waals surface area contributed by atoms with E-state index in [1.807, 2.05) is 31.9 Å². The maximum Gasteiger partial charge on any atom is 0.410 e. The van der Waals surface area contributed by atoms with E-state index in [0.717, 1.165) is 44.7 Å². The number of allylic oxidation sites excluding steroid dienone is 4. The van der Waals surface area contributed by atoms with Crippen LogP contribution < -0.4 is 0 Å². The highest BCUT2D eigenvalue weighted by Gasteiger charge is 2.32. The summed E-state index contributed by atoms with van der Waals surface area (Å²) >= 11 is 0. The number of amides is 1. The van der Waals surface area contributed by atoms with E-state index in [4.69, 9.17) is 4.74 Å². The predicted octanol–water partition coefficient (Wildman–Crippen LogP) is 6.36. The lowest BCUT2D eigenvalue weighted by Gasteiger charge is -2.36. The van der Waals surface area contributed by atoms with Crippen LogP contribution in [0.15, 0.2) is 54.4 Å². The van der Waals surface area contributed by atoms with Gasteiger partial charge in [0.2, 0.25) is 0 Å². The number of ether oxygens (including phenoxy) is 1. The maximum absolute atomic E-state index is 12.5. The van der Waals surface area contributed by atoms with Crippen molar-refractivity contribution >= 4 is 11.7 Å². The summed E-state index contributed by atoms with van der Waals surface area (Å²) in [5.41, 5.74) is 5.04. The van der Waals surface area contributed by atoms with E-state index in [9.17, 15) is 4.79 Å². The van der Waals surface area contributed by atoms with Gasteiger partial charge in [0.25, 0.3) is 0 Å². The number of benzene rings is 1. The minimum atomic E-state index is -0.453. The van der Waals surface area contributed by atoms with Crippen LogP contribution >= 0.6 is 0 Å². The zero-order valence-corrected chi connectivity index (χ0v) is 20.7. The molecule has 1 fully saturated rings. The van der Waals surface area contributed by atoms with Gasteiger partial charge in [0.1, 0.15) is 11.4 Å². The van der Waals surface area contributed by atoms with Gasteiger partial charge in [-0.3, -0.25) is 0 Å². The Morgan fingerprint density at radius 2 is 1.88 bits per heavy atom. The minimum absolute atomic E-state index is 0.187. The first kappa shape index (κ1) is 23.3. The number of imidazole rings is 1. The number of aryl methyl sites for hydroxylation is 2. The lowest BCUT2D eigenvalue weighted by Crippen LogP contribution is -2.42. The highest BCUT2D eigenvalue weighted by atomic mass is 16.6. The molecule has 0 saturated carbocycles. The molecule has 2 heterocycles. The monoisotopic (exact) mass is 447 g/mol. The van der Waals surface area contributed by atoms with Gasteiger partial charge in [0.15, 0.2) is 0 Å². The summed E-state index contributed by atoms with van der Waals surface area (Å²) in [5.74, 6) is 1.94. The number of nitrogens with zero attached hydrogens (tertiary/aromatic N) is 3. The van der Waals surface area contributed by atoms with Crippen LogP contribution in [0.1, 0.15) is 69.8 Å². The van der Waals surface area contributed by atoms with Crippen LogP contribution in [0.2, 0.25) is 0 Å². The molecule has 2 aromatic rings. The largest absolute Gasteiger partial charge is 0.444 e. The van der Waals surface area contributed by atoms with Gasteiger partial charge < -0.3 is 14.2 Å². The first-order valence-electron chi connectivity index (χ1n) is 12.2. The molecule has 1 aromatic carbocycles. The van der Waals surface area contributed by atoms with Crippen LogP contribution in [0, 0.1) is 12.8 Å². The second-order valence-corrected chi connectivity index (χ2v) is 10.4. The molecule has 1 aliphatic heterocycles. The number of hydrogen-bond acceptors (Lipinski definition) is 3. The summed E-state index contributed by atoms with van der Waals surface area (Å²) in [5, 5.41) is 0. The molecule has 0 spiro atoms. The quantitative estimate of drug-likeness (QED) is 0.548. The second kappa shape index (κ2) is 9.58. The third-order valence-electron chi connectivity index (χ3n) is 6.76. The van der Waals surface area contributed by atoms with Gasteiger partial charge in [0, 0.05) is 37.9 Å². The number of rotatable bonds is 4. The van der Waals surface area contributed by atoms with E-state index >= 15 is 0 Å². The third-order valence-corrected chi connectivity index (χ3v) is 6.76. The van der Waals surface area contributed by atoms with E-state index in [1.165, 1.54) is 22.3 Å². The van der Waals surface area contributed by atoms with Crippen molar-refractivity contribution in [3.8, 4) is 0 Å². The number of fused-ring (bicyclic) bond motifs is 1. The average Bonchev–Trinajstić information content (AvgIpc) is 3.12. The Kier molecular flexibility index (Phi) is 6.78. The van der Waals surface area contributed by atoms with Crippen LogP contribution in [0.25, 0.3) is 5.57 Å². The molecule has 1 unspecified atom stereocenters. The zero-order chi connectivity index (χ0) is 23.6. The Labute approximate surface area is 198 Å². The molecular weight excluding hydrogens is 410 g/mol. The molecule has 1 aromatic heterocycles. The topological polar surface area (TPSA) is 47.4 Å². The Morgan fingerprint density at radius 1 is 1.15 bits per heavy atom. The molecule has 2 aliphatic rings. The molecule has 1 saturated heterocycles. The summed E-state index contributed by atoms with van der Waals surface area (Å²) < 4.78 is 7.81. The molecule has 5 nitrogen and oxygen atoms in total. The lowest BCUT2D eigenvalue weighted by atomic mass is 9.78. The van der Waals surface area contributed by atoms with Gasteiger partial charge >= 0.3 is 6.09 Å². The van der Waals surface area contributed by atoms with Crippen LogP contribution in [0.5, 0.6) is 0 Å². The SMILES string of the molecule is CC1=CC(C2CCN(C(=O)OC(C)(C)C)CC2)c2ccccc2C(CCn2ccnc2C)=C1. The minimum Gasteiger partial charge on any atom is -0.444 e. The van der Waals surface area contributed by atoms with Crippen LogP contribution in [-0.4, -0.2) is 39.2 Å². The Morgan fingerprint density at radius 3 is 2.55 bits per heavy atom. The highest BCUT2D eigenvalue weighted by Crippen LogP contribution is 2.41. The molecule has 5 heteroatoms. The van der Waals surface area contributed by atoms with Crippen molar-refractivity contribution in [2.24, 2.45) is 5.92 Å². The van der Waals surface area contributed by atoms with Gasteiger partial charge in [-0.1, -0.05) is 42.0 Å². The van der Waals surface area contributed by atoms with Crippen molar-refractivity contribution in [2.75, 3.05) is 13.1 Å². The van der Waals surface area contributed by atoms with Crippen molar-refractivity contribution < 1.29 is 9.53 Å². The number of carbonyl (C=O) groups excluding carboxylic acids is 1. The normalized spacial score (nSPS) is 19.4. The Balaban J connectivity index is 1.50. The van der Waals surface area contributed by atoms with Gasteiger partial charge in [-0.05, 0) is 76.5 Å². The zero-order valence-electron chi connectivity index (χ0n) is 20.7. The number of likely N-dealkylation sites (tertiary alicyclic amines) is 1. The number of carbonyl (C=O) groups is 1. The molecule has 33 heavy (non-hydrogen) atoms. The number of piperidine rings is 1. The standard InChI is InChI=1S/C28H37N3O2/c1-20-18-23(12-14-30-17-13-29-21(30)2)24-8-6-7-9-25(24)26(19-20)22-10-15-31(16-11-22)27(32)33-28(3,4)5/h6-9,13,17-19,22,26H,10-12,14-16H2,1-5H3. The number of hydrogen-bond donors (Lipinski definition) is 0.